The van der Waals surface area contributed by atoms with Crippen molar-refractivity contribution in [2.75, 3.05) is 6.54 Å². The van der Waals surface area contributed by atoms with E-state index in [0.717, 1.165) is 18.4 Å². The Balaban J connectivity index is 0.000000615. The van der Waals surface area contributed by atoms with Gasteiger partial charge in [0.25, 0.3) is 0 Å². The lowest BCUT2D eigenvalue weighted by Gasteiger charge is -2.13. The molecule has 0 fully saturated rings. The fourth-order valence-electron chi connectivity index (χ4n) is 2.89. The average molecular weight is 439 g/mol. The minimum absolute atomic E-state index is 0.0743. The summed E-state index contributed by atoms with van der Waals surface area (Å²) in [7, 11) is 0. The van der Waals surface area contributed by atoms with Crippen molar-refractivity contribution >= 4 is 17.9 Å². The van der Waals surface area contributed by atoms with Crippen LogP contribution in [0.15, 0.2) is 30.3 Å². The van der Waals surface area contributed by atoms with E-state index >= 15 is 0 Å². The summed E-state index contributed by atoms with van der Waals surface area (Å²) in [5.74, 6) is -2.76. The zero-order chi connectivity index (χ0) is 23.5. The Hall–Kier alpha value is -2.45. The third kappa shape index (κ3) is 17.0. The fourth-order valence-corrected chi connectivity index (χ4v) is 2.89. The van der Waals surface area contributed by atoms with Gasteiger partial charge in [0, 0.05) is 6.54 Å². The van der Waals surface area contributed by atoms with Crippen molar-refractivity contribution in [3.63, 3.8) is 0 Å². The lowest BCUT2D eigenvalue weighted by molar-refractivity contribution is -0.141. The van der Waals surface area contributed by atoms with E-state index in [1.807, 2.05) is 30.3 Å². The number of aliphatic carboxylic acids is 3. The second kappa shape index (κ2) is 18.3. The first kappa shape index (κ1) is 28.5. The molecule has 0 aliphatic carbocycles. The summed E-state index contributed by atoms with van der Waals surface area (Å²) in [6.07, 6.45) is 8.68. The number of nitrogens with two attached hydrogens (primary N) is 1. The zero-order valence-electron chi connectivity index (χ0n) is 18.5. The summed E-state index contributed by atoms with van der Waals surface area (Å²) in [6, 6.07) is 8.23. The summed E-state index contributed by atoms with van der Waals surface area (Å²) in [5, 5.41) is 28.7. The topological polar surface area (TPSA) is 150 Å². The highest BCUT2D eigenvalue weighted by molar-refractivity contribution is 5.73. The highest BCUT2D eigenvalue weighted by Gasteiger charge is 2.16. The molecule has 1 aromatic rings. The highest BCUT2D eigenvalue weighted by Crippen LogP contribution is 2.08. The SMILES string of the molecule is CCCCCCCC[C@H](N)C(=O)O.O=C(O)CCN[C@H](CCc1ccccc1)C(=O)O. The molecule has 1 aromatic carbocycles. The molecule has 0 spiro atoms. The molecule has 0 aliphatic rings. The number of carboxylic acid groups (broad SMARTS) is 3. The van der Waals surface area contributed by atoms with Crippen molar-refractivity contribution in [2.45, 2.75) is 83.2 Å². The first-order valence-corrected chi connectivity index (χ1v) is 11.0. The van der Waals surface area contributed by atoms with Crippen molar-refractivity contribution in [1.82, 2.24) is 5.32 Å². The summed E-state index contributed by atoms with van der Waals surface area (Å²) < 4.78 is 0. The van der Waals surface area contributed by atoms with Gasteiger partial charge in [0.05, 0.1) is 6.42 Å². The number of unbranched alkanes of at least 4 members (excludes halogenated alkanes) is 5. The number of rotatable bonds is 16. The van der Waals surface area contributed by atoms with Crippen LogP contribution < -0.4 is 11.1 Å². The Bertz CT molecular complexity index is 624. The van der Waals surface area contributed by atoms with Gasteiger partial charge in [-0.3, -0.25) is 14.4 Å². The van der Waals surface area contributed by atoms with Crippen molar-refractivity contribution in [3.05, 3.63) is 35.9 Å². The smallest absolute Gasteiger partial charge is 0.320 e. The maximum absolute atomic E-state index is 11.0. The number of carboxylic acids is 3. The van der Waals surface area contributed by atoms with Gasteiger partial charge >= 0.3 is 17.9 Å². The molecule has 0 saturated heterocycles. The lowest BCUT2D eigenvalue weighted by atomic mass is 10.1. The average Bonchev–Trinajstić information content (AvgIpc) is 2.73. The molecule has 6 N–H and O–H groups in total. The molecular formula is C23H38N2O6. The molecule has 8 heteroatoms. The molecule has 2 atom stereocenters. The largest absolute Gasteiger partial charge is 0.481 e. The molecule has 0 bridgehead atoms. The van der Waals surface area contributed by atoms with Crippen LogP contribution in [0.2, 0.25) is 0 Å². The van der Waals surface area contributed by atoms with Crippen molar-refractivity contribution in [2.24, 2.45) is 5.73 Å². The van der Waals surface area contributed by atoms with Gasteiger partial charge in [0.1, 0.15) is 12.1 Å². The predicted octanol–water partition coefficient (Wildman–Crippen LogP) is 3.29. The van der Waals surface area contributed by atoms with Gasteiger partial charge in [0.15, 0.2) is 0 Å². The van der Waals surface area contributed by atoms with Gasteiger partial charge in [-0.05, 0) is 24.8 Å². The Morgan fingerprint density at radius 1 is 0.903 bits per heavy atom. The van der Waals surface area contributed by atoms with Crippen molar-refractivity contribution in [1.29, 1.82) is 0 Å². The van der Waals surface area contributed by atoms with Crippen LogP contribution in [0.4, 0.5) is 0 Å². The number of hydrogen-bond acceptors (Lipinski definition) is 5. The van der Waals surface area contributed by atoms with Crippen LogP contribution in [0, 0.1) is 0 Å². The molecule has 0 amide bonds. The first-order valence-electron chi connectivity index (χ1n) is 11.0. The third-order valence-corrected chi connectivity index (χ3v) is 4.78. The van der Waals surface area contributed by atoms with E-state index in [4.69, 9.17) is 21.1 Å². The Morgan fingerprint density at radius 3 is 2.06 bits per heavy atom. The van der Waals surface area contributed by atoms with E-state index in [1.165, 1.54) is 25.7 Å². The molecule has 0 radical (unpaired) electrons. The minimum atomic E-state index is -0.948. The summed E-state index contributed by atoms with van der Waals surface area (Å²) in [6.45, 7) is 2.35. The molecule has 0 heterocycles. The van der Waals surface area contributed by atoms with E-state index in [9.17, 15) is 14.4 Å². The molecule has 0 unspecified atom stereocenters. The fraction of sp³-hybridized carbons (Fsp3) is 0.609. The molecule has 0 saturated carbocycles. The maximum Gasteiger partial charge on any atom is 0.320 e. The van der Waals surface area contributed by atoms with Crippen LogP contribution in [-0.2, 0) is 20.8 Å². The van der Waals surface area contributed by atoms with Gasteiger partial charge in [0.2, 0.25) is 0 Å². The van der Waals surface area contributed by atoms with Gasteiger partial charge in [-0.2, -0.15) is 0 Å². The molecule has 1 rings (SSSR count). The van der Waals surface area contributed by atoms with Crippen LogP contribution in [0.25, 0.3) is 0 Å². The van der Waals surface area contributed by atoms with E-state index in [0.29, 0.717) is 19.3 Å². The quantitative estimate of drug-likeness (QED) is 0.247. The second-order valence-corrected chi connectivity index (χ2v) is 7.51. The molecule has 0 aliphatic heterocycles. The van der Waals surface area contributed by atoms with E-state index in [1.54, 1.807) is 0 Å². The monoisotopic (exact) mass is 438 g/mol. The summed E-state index contributed by atoms with van der Waals surface area (Å²) >= 11 is 0. The normalized spacial score (nSPS) is 12.3. The lowest BCUT2D eigenvalue weighted by Crippen LogP contribution is -2.38. The molecule has 8 nitrogen and oxygen atoms in total. The Labute approximate surface area is 184 Å². The number of hydrogen-bond donors (Lipinski definition) is 5. The van der Waals surface area contributed by atoms with Crippen LogP contribution in [0.3, 0.4) is 0 Å². The zero-order valence-corrected chi connectivity index (χ0v) is 18.5. The minimum Gasteiger partial charge on any atom is -0.481 e. The van der Waals surface area contributed by atoms with E-state index < -0.39 is 30.0 Å². The highest BCUT2D eigenvalue weighted by atomic mass is 16.4. The Kier molecular flexibility index (Phi) is 16.9. The van der Waals surface area contributed by atoms with Crippen molar-refractivity contribution in [3.8, 4) is 0 Å². The van der Waals surface area contributed by atoms with Gasteiger partial charge in [-0.1, -0.05) is 75.8 Å². The van der Waals surface area contributed by atoms with Gasteiger partial charge in [-0.15, -0.1) is 0 Å². The summed E-state index contributed by atoms with van der Waals surface area (Å²) in [4.78, 5) is 31.7. The standard InChI is InChI=1S/C13H17NO4.C10H21NO2/c15-12(16)8-9-14-11(13(17)18)7-6-10-4-2-1-3-5-10;1-2-3-4-5-6-7-8-9(11)10(12)13/h1-5,11,14H,6-9H2,(H,15,16)(H,17,18);9H,2-8,11H2,1H3,(H,12,13)/t11-;9-/m10/s1. The third-order valence-electron chi connectivity index (χ3n) is 4.78. The molecular weight excluding hydrogens is 400 g/mol. The molecule has 0 aromatic heterocycles. The maximum atomic E-state index is 11.0. The van der Waals surface area contributed by atoms with Crippen LogP contribution >= 0.6 is 0 Å². The van der Waals surface area contributed by atoms with Crippen LogP contribution in [-0.4, -0.2) is 51.9 Å². The number of nitrogens with one attached hydrogen (secondary N) is 1. The first-order chi connectivity index (χ1) is 14.8. The number of carbonyl (C=O) groups is 3. The number of aryl methyl sites for hydroxylation is 1. The molecule has 176 valence electrons. The van der Waals surface area contributed by atoms with Crippen molar-refractivity contribution < 1.29 is 29.7 Å². The van der Waals surface area contributed by atoms with Gasteiger partial charge in [-0.25, -0.2) is 0 Å². The van der Waals surface area contributed by atoms with Crippen LogP contribution in [0.1, 0.15) is 70.3 Å². The molecule has 31 heavy (non-hydrogen) atoms. The second-order valence-electron chi connectivity index (χ2n) is 7.51. The van der Waals surface area contributed by atoms with Gasteiger partial charge < -0.3 is 26.4 Å². The Morgan fingerprint density at radius 2 is 1.52 bits per heavy atom. The van der Waals surface area contributed by atoms with Crippen LogP contribution in [0.5, 0.6) is 0 Å². The van der Waals surface area contributed by atoms with E-state index in [2.05, 4.69) is 12.2 Å². The van der Waals surface area contributed by atoms with E-state index in [-0.39, 0.29) is 13.0 Å². The summed E-state index contributed by atoms with van der Waals surface area (Å²) in [5.41, 5.74) is 6.43. The predicted molar refractivity (Wildman–Crippen MR) is 120 cm³/mol. The number of benzene rings is 1.